The molecule has 3 aromatic heterocycles. The van der Waals surface area contributed by atoms with Crippen LogP contribution >= 0.6 is 11.3 Å². The van der Waals surface area contributed by atoms with E-state index in [0.29, 0.717) is 28.6 Å². The Bertz CT molecular complexity index is 1500. The Kier molecular flexibility index (Phi) is 5.25. The van der Waals surface area contributed by atoms with Gasteiger partial charge in [0.2, 0.25) is 0 Å². The van der Waals surface area contributed by atoms with Crippen LogP contribution in [0.5, 0.6) is 0 Å². The van der Waals surface area contributed by atoms with Crippen LogP contribution in [0.1, 0.15) is 64.6 Å². The zero-order chi connectivity index (χ0) is 23.4. The quantitative estimate of drug-likeness (QED) is 0.417. The van der Waals surface area contributed by atoms with Gasteiger partial charge in [0.15, 0.2) is 0 Å². The molecule has 0 unspecified atom stereocenters. The first-order valence-corrected chi connectivity index (χ1v) is 12.9. The number of thiophene rings is 1. The molecule has 2 aliphatic carbocycles. The zero-order valence-electron chi connectivity index (χ0n) is 19.4. The van der Waals surface area contributed by atoms with E-state index in [4.69, 9.17) is 9.72 Å². The molecule has 6 nitrogen and oxygen atoms in total. The highest BCUT2D eigenvalue weighted by Gasteiger charge is 2.27. The Balaban J connectivity index is 1.33. The number of aromatic amines is 1. The molecule has 4 aromatic rings. The number of para-hydroxylation sites is 1. The zero-order valence-corrected chi connectivity index (χ0v) is 20.3. The highest BCUT2D eigenvalue weighted by Crippen LogP contribution is 2.36. The van der Waals surface area contributed by atoms with Gasteiger partial charge in [-0.3, -0.25) is 9.78 Å². The van der Waals surface area contributed by atoms with Gasteiger partial charge in [0.25, 0.3) is 5.56 Å². The lowest BCUT2D eigenvalue weighted by Crippen LogP contribution is -2.20. The number of nitrogens with zero attached hydrogens (tertiary/aromatic N) is 2. The maximum Gasteiger partial charge on any atom is 0.339 e. The molecular formula is C27H27N3O3S. The number of carbonyl (C=O) groups is 1. The minimum Gasteiger partial charge on any atom is -0.454 e. The van der Waals surface area contributed by atoms with Crippen LogP contribution in [0.2, 0.25) is 0 Å². The summed E-state index contributed by atoms with van der Waals surface area (Å²) in [6, 6.07) is 7.73. The molecule has 6 rings (SSSR count). The molecule has 0 fully saturated rings. The van der Waals surface area contributed by atoms with Crippen LogP contribution in [-0.2, 0) is 37.0 Å². The fraction of sp³-hybridized carbons (Fsp3) is 0.407. The summed E-state index contributed by atoms with van der Waals surface area (Å²) in [5, 5.41) is 1.53. The second-order valence-corrected chi connectivity index (χ2v) is 11.0. The van der Waals surface area contributed by atoms with Crippen LogP contribution in [0, 0.1) is 11.8 Å². The van der Waals surface area contributed by atoms with Crippen LogP contribution < -0.4 is 5.56 Å². The molecule has 2 atom stereocenters. The number of fused-ring (bicyclic) bond motifs is 5. The van der Waals surface area contributed by atoms with Gasteiger partial charge in [-0.25, -0.2) is 9.78 Å². The van der Waals surface area contributed by atoms with Gasteiger partial charge in [0.1, 0.15) is 17.3 Å². The van der Waals surface area contributed by atoms with E-state index < -0.39 is 0 Å². The topological polar surface area (TPSA) is 84.9 Å². The maximum atomic E-state index is 13.4. The fourth-order valence-corrected chi connectivity index (χ4v) is 6.87. The number of aryl methyl sites for hydroxylation is 2. The van der Waals surface area contributed by atoms with Crippen molar-refractivity contribution in [3.05, 3.63) is 67.7 Å². The van der Waals surface area contributed by atoms with Crippen LogP contribution in [0.4, 0.5) is 0 Å². The van der Waals surface area contributed by atoms with E-state index in [2.05, 4.69) is 23.8 Å². The molecule has 34 heavy (non-hydrogen) atoms. The second kappa shape index (κ2) is 8.31. The number of esters is 1. The van der Waals surface area contributed by atoms with E-state index in [0.717, 1.165) is 71.1 Å². The summed E-state index contributed by atoms with van der Waals surface area (Å²) >= 11 is 1.60. The summed E-state index contributed by atoms with van der Waals surface area (Å²) in [5.74, 6) is 1.13. The van der Waals surface area contributed by atoms with Crippen molar-refractivity contribution in [2.24, 2.45) is 11.8 Å². The SMILES string of the molecule is C[C@@H]1CCc2c(sc3nc(COC(=O)c4c5c(nc6ccccc46)CC[C@H](C)C5)[nH]c(=O)c23)C1. The maximum absolute atomic E-state index is 13.4. The Hall–Kier alpha value is -3.06. The van der Waals surface area contributed by atoms with Gasteiger partial charge in [0, 0.05) is 16.0 Å². The van der Waals surface area contributed by atoms with Crippen LogP contribution in [-0.4, -0.2) is 20.9 Å². The average molecular weight is 474 g/mol. The van der Waals surface area contributed by atoms with Crippen LogP contribution in [0.3, 0.4) is 0 Å². The first kappa shape index (κ1) is 21.5. The lowest BCUT2D eigenvalue weighted by Gasteiger charge is -2.24. The number of pyridine rings is 1. The van der Waals surface area contributed by atoms with Crippen molar-refractivity contribution >= 4 is 38.4 Å². The Morgan fingerprint density at radius 3 is 2.76 bits per heavy atom. The van der Waals surface area contributed by atoms with Gasteiger partial charge < -0.3 is 9.72 Å². The molecule has 0 aliphatic heterocycles. The van der Waals surface area contributed by atoms with E-state index in [-0.39, 0.29) is 18.1 Å². The molecule has 0 amide bonds. The third kappa shape index (κ3) is 3.63. The first-order valence-electron chi connectivity index (χ1n) is 12.1. The van der Waals surface area contributed by atoms with E-state index in [1.165, 1.54) is 4.88 Å². The summed E-state index contributed by atoms with van der Waals surface area (Å²) < 4.78 is 5.75. The number of aromatic nitrogens is 3. The monoisotopic (exact) mass is 473 g/mol. The third-order valence-corrected chi connectivity index (χ3v) is 8.41. The lowest BCUT2D eigenvalue weighted by atomic mass is 9.84. The van der Waals surface area contributed by atoms with Crippen molar-refractivity contribution in [3.8, 4) is 0 Å². The average Bonchev–Trinajstić information content (AvgIpc) is 3.19. The van der Waals surface area contributed by atoms with Gasteiger partial charge in [0.05, 0.1) is 16.5 Å². The first-order chi connectivity index (χ1) is 16.5. The number of H-pyrrole nitrogens is 1. The van der Waals surface area contributed by atoms with Crippen molar-refractivity contribution in [1.82, 2.24) is 15.0 Å². The lowest BCUT2D eigenvalue weighted by molar-refractivity contribution is 0.0462. The Labute approximate surface area is 201 Å². The molecule has 174 valence electrons. The minimum absolute atomic E-state index is 0.0655. The third-order valence-electron chi connectivity index (χ3n) is 7.26. The van der Waals surface area contributed by atoms with Crippen LogP contribution in [0.15, 0.2) is 29.1 Å². The van der Waals surface area contributed by atoms with Gasteiger partial charge >= 0.3 is 5.97 Å². The standard InChI is InChI=1S/C27H27N3O3S/c1-14-8-10-20-18(11-14)23(16-5-3-4-6-19(16)28-20)27(32)33-13-22-29-25(31)24-17-9-7-15(2)12-21(17)34-26(24)30-22/h3-6,14-15H,7-13H2,1-2H3,(H,29,30,31)/t14-,15+/m0/s1. The minimum atomic E-state index is -0.383. The summed E-state index contributed by atoms with van der Waals surface area (Å²) in [7, 11) is 0. The molecule has 7 heteroatoms. The highest BCUT2D eigenvalue weighted by atomic mass is 32.1. The number of ether oxygens (including phenoxy) is 1. The molecule has 0 saturated heterocycles. The molecular weight excluding hydrogens is 446 g/mol. The highest BCUT2D eigenvalue weighted by molar-refractivity contribution is 7.18. The number of benzene rings is 1. The van der Waals surface area contributed by atoms with E-state index in [1.54, 1.807) is 11.3 Å². The van der Waals surface area contributed by atoms with Crippen LogP contribution in [0.25, 0.3) is 21.1 Å². The van der Waals surface area contributed by atoms with Crippen molar-refractivity contribution in [1.29, 1.82) is 0 Å². The van der Waals surface area contributed by atoms with Gasteiger partial charge in [-0.05, 0) is 67.6 Å². The second-order valence-electron chi connectivity index (χ2n) is 9.90. The van der Waals surface area contributed by atoms with E-state index in [1.807, 2.05) is 24.3 Å². The van der Waals surface area contributed by atoms with E-state index >= 15 is 0 Å². The molecule has 0 spiro atoms. The molecule has 0 radical (unpaired) electrons. The number of hydrogen-bond acceptors (Lipinski definition) is 6. The van der Waals surface area contributed by atoms with Gasteiger partial charge in [-0.15, -0.1) is 11.3 Å². The normalized spacial score (nSPS) is 19.7. The van der Waals surface area contributed by atoms with Crippen molar-refractivity contribution in [2.45, 2.75) is 59.0 Å². The molecule has 2 aliphatic rings. The van der Waals surface area contributed by atoms with Gasteiger partial charge in [-0.1, -0.05) is 32.0 Å². The summed E-state index contributed by atoms with van der Waals surface area (Å²) in [6.45, 7) is 4.39. The Morgan fingerprint density at radius 2 is 1.88 bits per heavy atom. The summed E-state index contributed by atoms with van der Waals surface area (Å²) in [4.78, 5) is 40.7. The number of carbonyl (C=O) groups excluding carboxylic acids is 1. The molecule has 0 saturated carbocycles. The van der Waals surface area contributed by atoms with E-state index in [9.17, 15) is 9.59 Å². The molecule has 1 N–H and O–H groups in total. The fourth-order valence-electron chi connectivity index (χ4n) is 5.46. The molecule has 0 bridgehead atoms. The van der Waals surface area contributed by atoms with Crippen molar-refractivity contribution in [2.75, 3.05) is 0 Å². The number of hydrogen-bond donors (Lipinski definition) is 1. The van der Waals surface area contributed by atoms with Crippen molar-refractivity contribution in [3.63, 3.8) is 0 Å². The Morgan fingerprint density at radius 1 is 1.09 bits per heavy atom. The molecule has 1 aromatic carbocycles. The van der Waals surface area contributed by atoms with Crippen molar-refractivity contribution < 1.29 is 9.53 Å². The molecule has 3 heterocycles. The number of nitrogens with one attached hydrogen (secondary N) is 1. The summed E-state index contributed by atoms with van der Waals surface area (Å²) in [5.41, 5.74) is 4.43. The smallest absolute Gasteiger partial charge is 0.339 e. The van der Waals surface area contributed by atoms with Gasteiger partial charge in [-0.2, -0.15) is 0 Å². The largest absolute Gasteiger partial charge is 0.454 e. The summed E-state index contributed by atoms with van der Waals surface area (Å²) in [6.07, 6.45) is 5.78. The number of rotatable bonds is 3. The predicted molar refractivity (Wildman–Crippen MR) is 133 cm³/mol. The predicted octanol–water partition coefficient (Wildman–Crippen LogP) is 5.14.